The van der Waals surface area contributed by atoms with E-state index in [4.69, 9.17) is 0 Å². The Morgan fingerprint density at radius 3 is 2.75 bits per heavy atom. The third-order valence-electron chi connectivity index (χ3n) is 2.96. The van der Waals surface area contributed by atoms with Gasteiger partial charge >= 0.3 is 0 Å². The minimum atomic E-state index is 1.01. The zero-order valence-electron chi connectivity index (χ0n) is 7.97. The lowest BCUT2D eigenvalue weighted by molar-refractivity contribution is 0.776. The quantitative estimate of drug-likeness (QED) is 0.541. The lowest BCUT2D eigenvalue weighted by Gasteiger charge is -2.14. The second-order valence-corrected chi connectivity index (χ2v) is 4.03. The highest BCUT2D eigenvalue weighted by Gasteiger charge is 2.26. The van der Waals surface area contributed by atoms with Crippen LogP contribution in [-0.2, 0) is 0 Å². The number of allylic oxidation sites excluding steroid dienone is 4. The highest BCUT2D eigenvalue weighted by molar-refractivity contribution is 5.23. The summed E-state index contributed by atoms with van der Waals surface area (Å²) < 4.78 is 0. The molecule has 0 radical (unpaired) electrons. The maximum absolute atomic E-state index is 2.49. The van der Waals surface area contributed by atoms with Crippen molar-refractivity contribution in [2.45, 2.75) is 45.4 Å². The van der Waals surface area contributed by atoms with Gasteiger partial charge in [-0.05, 0) is 44.4 Å². The molecule has 0 aliphatic heterocycles. The van der Waals surface area contributed by atoms with Gasteiger partial charge in [-0.1, -0.05) is 30.2 Å². The summed E-state index contributed by atoms with van der Waals surface area (Å²) in [5.41, 5.74) is 3.44. The van der Waals surface area contributed by atoms with Crippen LogP contribution >= 0.6 is 0 Å². The second-order valence-electron chi connectivity index (χ2n) is 4.03. The normalized spacial score (nSPS) is 27.4. The Labute approximate surface area is 75.4 Å². The van der Waals surface area contributed by atoms with Crippen LogP contribution in [0.5, 0.6) is 0 Å². The van der Waals surface area contributed by atoms with Crippen molar-refractivity contribution in [2.24, 2.45) is 5.92 Å². The molecule has 1 saturated carbocycles. The molecule has 0 heteroatoms. The van der Waals surface area contributed by atoms with Crippen LogP contribution in [0.2, 0.25) is 0 Å². The number of hydrogen-bond acceptors (Lipinski definition) is 0. The van der Waals surface area contributed by atoms with Crippen LogP contribution in [-0.4, -0.2) is 0 Å². The standard InChI is InChI=1S/C12H18/c1-2-3-10-4-6-11(7-5-10)12-8-9-12/h3,6,12H,2,4-5,7-9H2,1H3/b10-3-. The molecular weight excluding hydrogens is 144 g/mol. The van der Waals surface area contributed by atoms with Crippen molar-refractivity contribution in [1.29, 1.82) is 0 Å². The third kappa shape index (κ3) is 1.80. The van der Waals surface area contributed by atoms with Crippen LogP contribution in [0.4, 0.5) is 0 Å². The van der Waals surface area contributed by atoms with E-state index in [0.717, 1.165) is 5.92 Å². The molecule has 0 saturated heterocycles. The summed E-state index contributed by atoms with van der Waals surface area (Å²) in [7, 11) is 0. The molecule has 0 aromatic carbocycles. The van der Waals surface area contributed by atoms with Gasteiger partial charge in [-0.15, -0.1) is 0 Å². The summed E-state index contributed by atoms with van der Waals surface area (Å²) in [4.78, 5) is 0. The summed E-state index contributed by atoms with van der Waals surface area (Å²) in [6.07, 6.45) is 13.0. The molecule has 0 atom stereocenters. The van der Waals surface area contributed by atoms with E-state index in [1.807, 2.05) is 0 Å². The van der Waals surface area contributed by atoms with Gasteiger partial charge < -0.3 is 0 Å². The van der Waals surface area contributed by atoms with Gasteiger partial charge in [0.1, 0.15) is 0 Å². The van der Waals surface area contributed by atoms with Gasteiger partial charge in [0.25, 0.3) is 0 Å². The average molecular weight is 162 g/mol. The maximum atomic E-state index is 2.49. The smallest absolute Gasteiger partial charge is 0.0136 e. The molecule has 2 rings (SSSR count). The van der Waals surface area contributed by atoms with Crippen LogP contribution < -0.4 is 0 Å². The molecule has 0 bridgehead atoms. The first kappa shape index (κ1) is 8.10. The summed E-state index contributed by atoms with van der Waals surface area (Å²) in [5, 5.41) is 0. The Morgan fingerprint density at radius 1 is 1.42 bits per heavy atom. The van der Waals surface area contributed by atoms with Crippen molar-refractivity contribution >= 4 is 0 Å². The molecule has 2 aliphatic rings. The van der Waals surface area contributed by atoms with Gasteiger partial charge in [-0.25, -0.2) is 0 Å². The fourth-order valence-electron chi connectivity index (χ4n) is 2.07. The van der Waals surface area contributed by atoms with Crippen molar-refractivity contribution in [3.05, 3.63) is 23.3 Å². The third-order valence-corrected chi connectivity index (χ3v) is 2.96. The first-order valence-electron chi connectivity index (χ1n) is 5.27. The van der Waals surface area contributed by atoms with Gasteiger partial charge in [0.15, 0.2) is 0 Å². The van der Waals surface area contributed by atoms with Crippen molar-refractivity contribution in [2.75, 3.05) is 0 Å². The molecule has 2 aliphatic carbocycles. The zero-order chi connectivity index (χ0) is 8.39. The first-order valence-corrected chi connectivity index (χ1v) is 5.27. The largest absolute Gasteiger partial charge is 0.0853 e. The molecule has 12 heavy (non-hydrogen) atoms. The summed E-state index contributed by atoms with van der Waals surface area (Å²) >= 11 is 0. The zero-order valence-corrected chi connectivity index (χ0v) is 7.97. The average Bonchev–Trinajstić information content (AvgIpc) is 2.89. The summed E-state index contributed by atoms with van der Waals surface area (Å²) in [5.74, 6) is 1.01. The van der Waals surface area contributed by atoms with E-state index in [1.54, 1.807) is 11.1 Å². The number of hydrogen-bond donors (Lipinski definition) is 0. The van der Waals surface area contributed by atoms with E-state index in [-0.39, 0.29) is 0 Å². The minimum Gasteiger partial charge on any atom is -0.0853 e. The predicted molar refractivity (Wildman–Crippen MR) is 53.0 cm³/mol. The van der Waals surface area contributed by atoms with Gasteiger partial charge in [0.2, 0.25) is 0 Å². The topological polar surface area (TPSA) is 0 Å². The predicted octanol–water partition coefficient (Wildman–Crippen LogP) is 3.84. The fourth-order valence-corrected chi connectivity index (χ4v) is 2.07. The molecule has 0 aromatic rings. The Morgan fingerprint density at radius 2 is 2.25 bits per heavy atom. The summed E-state index contributed by atoms with van der Waals surface area (Å²) in [6, 6.07) is 0. The molecule has 66 valence electrons. The van der Waals surface area contributed by atoms with Crippen molar-refractivity contribution in [3.63, 3.8) is 0 Å². The van der Waals surface area contributed by atoms with Gasteiger partial charge in [0, 0.05) is 0 Å². The molecule has 1 fully saturated rings. The molecule has 0 unspecified atom stereocenters. The van der Waals surface area contributed by atoms with Crippen LogP contribution in [0.3, 0.4) is 0 Å². The SMILES string of the molecule is CC/C=C1/CC=C(C2CC2)CC1. The van der Waals surface area contributed by atoms with E-state index < -0.39 is 0 Å². The van der Waals surface area contributed by atoms with Crippen molar-refractivity contribution < 1.29 is 0 Å². The molecule has 0 nitrogen and oxygen atoms in total. The molecular formula is C12H18. The van der Waals surface area contributed by atoms with Gasteiger partial charge in [0.05, 0.1) is 0 Å². The molecule has 0 heterocycles. The van der Waals surface area contributed by atoms with Crippen LogP contribution in [0.25, 0.3) is 0 Å². The second kappa shape index (κ2) is 3.47. The van der Waals surface area contributed by atoms with Crippen molar-refractivity contribution in [1.82, 2.24) is 0 Å². The Hall–Kier alpha value is -0.520. The first-order chi connectivity index (χ1) is 5.90. The molecule has 0 aromatic heterocycles. The van der Waals surface area contributed by atoms with E-state index in [9.17, 15) is 0 Å². The van der Waals surface area contributed by atoms with Crippen LogP contribution in [0.15, 0.2) is 23.3 Å². The van der Waals surface area contributed by atoms with E-state index in [2.05, 4.69) is 19.1 Å². The highest BCUT2D eigenvalue weighted by atomic mass is 14.3. The molecule has 0 spiro atoms. The van der Waals surface area contributed by atoms with Crippen LogP contribution in [0.1, 0.15) is 45.4 Å². The molecule has 0 N–H and O–H groups in total. The Kier molecular flexibility index (Phi) is 2.34. The van der Waals surface area contributed by atoms with Crippen LogP contribution in [0, 0.1) is 5.92 Å². The minimum absolute atomic E-state index is 1.01. The van der Waals surface area contributed by atoms with E-state index >= 15 is 0 Å². The Balaban J connectivity index is 1.94. The maximum Gasteiger partial charge on any atom is -0.0136 e. The van der Waals surface area contributed by atoms with Crippen molar-refractivity contribution in [3.8, 4) is 0 Å². The highest BCUT2D eigenvalue weighted by Crippen LogP contribution is 2.41. The lowest BCUT2D eigenvalue weighted by atomic mass is 9.92. The molecule has 0 amide bonds. The monoisotopic (exact) mass is 162 g/mol. The van der Waals surface area contributed by atoms with E-state index in [0.29, 0.717) is 0 Å². The summed E-state index contributed by atoms with van der Waals surface area (Å²) in [6.45, 7) is 2.23. The lowest BCUT2D eigenvalue weighted by Crippen LogP contribution is -1.96. The van der Waals surface area contributed by atoms with Gasteiger partial charge in [-0.2, -0.15) is 0 Å². The van der Waals surface area contributed by atoms with E-state index in [1.165, 1.54) is 38.5 Å². The van der Waals surface area contributed by atoms with Gasteiger partial charge in [-0.3, -0.25) is 0 Å². The Bertz CT molecular complexity index is 216. The number of rotatable bonds is 2. The fraction of sp³-hybridized carbons (Fsp3) is 0.667.